The summed E-state index contributed by atoms with van der Waals surface area (Å²) >= 11 is 6.10. The maximum atomic E-state index is 6.10. The van der Waals surface area contributed by atoms with Crippen LogP contribution < -0.4 is 10.6 Å². The van der Waals surface area contributed by atoms with Gasteiger partial charge in [0.1, 0.15) is 5.82 Å². The van der Waals surface area contributed by atoms with E-state index in [0.717, 1.165) is 34.3 Å². The Morgan fingerprint density at radius 1 is 1.28 bits per heavy atom. The van der Waals surface area contributed by atoms with Gasteiger partial charge in [0.15, 0.2) is 0 Å². The number of benzene rings is 1. The second kappa shape index (κ2) is 5.74. The van der Waals surface area contributed by atoms with Crippen molar-refractivity contribution in [2.45, 2.75) is 13.8 Å². The minimum Gasteiger partial charge on any atom is -0.370 e. The third-order valence-corrected chi connectivity index (χ3v) is 3.07. The highest BCUT2D eigenvalue weighted by molar-refractivity contribution is 6.31. The Hall–Kier alpha value is -1.74. The Morgan fingerprint density at radius 3 is 2.89 bits per heavy atom. The predicted molar refractivity (Wildman–Crippen MR) is 77.9 cm³/mol. The van der Waals surface area contributed by atoms with Gasteiger partial charge < -0.3 is 10.6 Å². The molecule has 0 bridgehead atoms. The second-order valence-electron chi connectivity index (χ2n) is 4.00. The molecule has 18 heavy (non-hydrogen) atoms. The number of hydrogen-bond donors (Lipinski definition) is 2. The second-order valence-corrected chi connectivity index (χ2v) is 4.40. The summed E-state index contributed by atoms with van der Waals surface area (Å²) in [6, 6.07) is 9.74. The van der Waals surface area contributed by atoms with E-state index in [9.17, 15) is 0 Å². The van der Waals surface area contributed by atoms with Gasteiger partial charge in [-0.05, 0) is 37.6 Å². The zero-order valence-electron chi connectivity index (χ0n) is 10.5. The maximum Gasteiger partial charge on any atom is 0.127 e. The van der Waals surface area contributed by atoms with Crippen LogP contribution >= 0.6 is 11.6 Å². The van der Waals surface area contributed by atoms with Crippen LogP contribution in [0.2, 0.25) is 5.02 Å². The molecule has 3 nitrogen and oxygen atoms in total. The zero-order chi connectivity index (χ0) is 13.0. The molecule has 0 fully saturated rings. The van der Waals surface area contributed by atoms with Crippen molar-refractivity contribution in [2.75, 3.05) is 17.2 Å². The largest absolute Gasteiger partial charge is 0.370 e. The van der Waals surface area contributed by atoms with Gasteiger partial charge in [0.2, 0.25) is 0 Å². The molecule has 0 aliphatic rings. The van der Waals surface area contributed by atoms with Gasteiger partial charge in [-0.2, -0.15) is 0 Å². The molecule has 2 rings (SSSR count). The normalized spacial score (nSPS) is 10.2. The molecule has 0 atom stereocenters. The number of hydrogen-bond acceptors (Lipinski definition) is 3. The molecule has 0 radical (unpaired) electrons. The summed E-state index contributed by atoms with van der Waals surface area (Å²) in [7, 11) is 0. The average Bonchev–Trinajstić information content (AvgIpc) is 2.36. The van der Waals surface area contributed by atoms with Crippen molar-refractivity contribution < 1.29 is 0 Å². The first-order valence-corrected chi connectivity index (χ1v) is 6.30. The highest BCUT2D eigenvalue weighted by atomic mass is 35.5. The van der Waals surface area contributed by atoms with Crippen LogP contribution in [0.15, 0.2) is 36.5 Å². The Labute approximate surface area is 112 Å². The molecule has 0 spiro atoms. The van der Waals surface area contributed by atoms with Crippen molar-refractivity contribution in [1.82, 2.24) is 4.98 Å². The van der Waals surface area contributed by atoms with Crippen LogP contribution in [0.4, 0.5) is 17.2 Å². The molecule has 0 saturated carbocycles. The lowest BCUT2D eigenvalue weighted by Gasteiger charge is -2.11. The molecule has 2 aromatic rings. The molecule has 4 heteroatoms. The number of anilines is 3. The highest BCUT2D eigenvalue weighted by Crippen LogP contribution is 2.26. The summed E-state index contributed by atoms with van der Waals surface area (Å²) in [5.74, 6) is 0.863. The summed E-state index contributed by atoms with van der Waals surface area (Å²) in [4.78, 5) is 4.23. The zero-order valence-corrected chi connectivity index (χ0v) is 11.3. The predicted octanol–water partition coefficient (Wildman–Crippen LogP) is 4.22. The Morgan fingerprint density at radius 2 is 2.11 bits per heavy atom. The average molecular weight is 262 g/mol. The number of nitrogens with one attached hydrogen (secondary N) is 2. The molecule has 0 unspecified atom stereocenters. The van der Waals surface area contributed by atoms with Gasteiger partial charge in [0.25, 0.3) is 0 Å². The number of nitrogens with zero attached hydrogens (tertiary/aromatic N) is 1. The number of halogens is 1. The highest BCUT2D eigenvalue weighted by Gasteiger charge is 2.03. The summed E-state index contributed by atoms with van der Waals surface area (Å²) in [6.07, 6.45) is 1.78. The van der Waals surface area contributed by atoms with E-state index in [1.807, 2.05) is 44.2 Å². The van der Waals surface area contributed by atoms with Gasteiger partial charge in [0, 0.05) is 35.2 Å². The first-order chi connectivity index (χ1) is 8.70. The third-order valence-electron chi connectivity index (χ3n) is 2.66. The minimum atomic E-state index is 0.765. The van der Waals surface area contributed by atoms with Crippen molar-refractivity contribution in [3.8, 4) is 0 Å². The Kier molecular flexibility index (Phi) is 4.05. The number of aromatic nitrogens is 1. The summed E-state index contributed by atoms with van der Waals surface area (Å²) in [5.41, 5.74) is 3.04. The fraction of sp³-hybridized carbons (Fsp3) is 0.214. The molecule has 1 heterocycles. The lowest BCUT2D eigenvalue weighted by atomic mass is 10.2. The van der Waals surface area contributed by atoms with Crippen LogP contribution in [0.25, 0.3) is 0 Å². The first kappa shape index (κ1) is 12.7. The lowest BCUT2D eigenvalue weighted by molar-refractivity contribution is 1.16. The molecule has 0 aliphatic carbocycles. The van der Waals surface area contributed by atoms with Crippen molar-refractivity contribution in [2.24, 2.45) is 0 Å². The van der Waals surface area contributed by atoms with Gasteiger partial charge in [-0.3, -0.25) is 0 Å². The van der Waals surface area contributed by atoms with Crippen molar-refractivity contribution >= 4 is 28.8 Å². The van der Waals surface area contributed by atoms with E-state index in [2.05, 4.69) is 15.6 Å². The molecular formula is C14H16ClN3. The third kappa shape index (κ3) is 2.93. The van der Waals surface area contributed by atoms with E-state index in [1.165, 1.54) is 0 Å². The van der Waals surface area contributed by atoms with Gasteiger partial charge in [-0.25, -0.2) is 4.98 Å². The van der Waals surface area contributed by atoms with Crippen LogP contribution in [0, 0.1) is 6.92 Å². The first-order valence-electron chi connectivity index (χ1n) is 5.92. The topological polar surface area (TPSA) is 37.0 Å². The molecule has 2 N–H and O–H groups in total. The Bertz CT molecular complexity index is 540. The summed E-state index contributed by atoms with van der Waals surface area (Å²) in [5, 5.41) is 7.29. The smallest absolute Gasteiger partial charge is 0.127 e. The standard InChI is InChI=1S/C14H16ClN3/c1-3-16-14-9-11(7-8-17-14)18-13-6-4-5-12(15)10(13)2/h4-9H,3H2,1-2H3,(H2,16,17,18). The quantitative estimate of drug-likeness (QED) is 0.865. The van der Waals surface area contributed by atoms with E-state index in [-0.39, 0.29) is 0 Å². The van der Waals surface area contributed by atoms with E-state index in [0.29, 0.717) is 0 Å². The number of rotatable bonds is 4. The maximum absolute atomic E-state index is 6.10. The van der Waals surface area contributed by atoms with Crippen LogP contribution in [0.3, 0.4) is 0 Å². The summed E-state index contributed by atoms with van der Waals surface area (Å²) < 4.78 is 0. The molecular weight excluding hydrogens is 246 g/mol. The fourth-order valence-corrected chi connectivity index (χ4v) is 1.86. The molecule has 1 aromatic heterocycles. The minimum absolute atomic E-state index is 0.765. The van der Waals surface area contributed by atoms with Crippen LogP contribution in [-0.4, -0.2) is 11.5 Å². The number of pyridine rings is 1. The monoisotopic (exact) mass is 261 g/mol. The van der Waals surface area contributed by atoms with Gasteiger partial charge in [-0.15, -0.1) is 0 Å². The van der Waals surface area contributed by atoms with Gasteiger partial charge >= 0.3 is 0 Å². The van der Waals surface area contributed by atoms with Crippen molar-refractivity contribution in [3.63, 3.8) is 0 Å². The van der Waals surface area contributed by atoms with Crippen molar-refractivity contribution in [1.29, 1.82) is 0 Å². The van der Waals surface area contributed by atoms with E-state index >= 15 is 0 Å². The molecule has 0 amide bonds. The molecule has 94 valence electrons. The van der Waals surface area contributed by atoms with Gasteiger partial charge in [0.05, 0.1) is 0 Å². The summed E-state index contributed by atoms with van der Waals surface area (Å²) in [6.45, 7) is 4.90. The van der Waals surface area contributed by atoms with E-state index < -0.39 is 0 Å². The molecule has 1 aromatic carbocycles. The van der Waals surface area contributed by atoms with Crippen LogP contribution in [0.5, 0.6) is 0 Å². The van der Waals surface area contributed by atoms with Crippen LogP contribution in [0.1, 0.15) is 12.5 Å². The lowest BCUT2D eigenvalue weighted by Crippen LogP contribution is -2.00. The van der Waals surface area contributed by atoms with E-state index in [4.69, 9.17) is 11.6 Å². The SMILES string of the molecule is CCNc1cc(Nc2cccc(Cl)c2C)ccn1. The van der Waals surface area contributed by atoms with Crippen LogP contribution in [-0.2, 0) is 0 Å². The molecule has 0 aliphatic heterocycles. The van der Waals surface area contributed by atoms with E-state index in [1.54, 1.807) is 6.20 Å². The molecule has 0 saturated heterocycles. The van der Waals surface area contributed by atoms with Crippen molar-refractivity contribution in [3.05, 3.63) is 47.1 Å². The van der Waals surface area contributed by atoms with Gasteiger partial charge in [-0.1, -0.05) is 17.7 Å². The fourth-order valence-electron chi connectivity index (χ4n) is 1.68. The Balaban J connectivity index is 2.23.